The van der Waals surface area contributed by atoms with Crippen LogP contribution in [-0.4, -0.2) is 25.6 Å². The van der Waals surface area contributed by atoms with Crippen molar-refractivity contribution in [3.63, 3.8) is 0 Å². The highest BCUT2D eigenvalue weighted by Crippen LogP contribution is 2.14. The molecule has 1 aromatic heterocycles. The maximum absolute atomic E-state index is 12.0. The molecule has 1 amide bonds. The first-order valence-electron chi connectivity index (χ1n) is 7.01. The van der Waals surface area contributed by atoms with Crippen molar-refractivity contribution in [3.8, 4) is 5.75 Å². The van der Waals surface area contributed by atoms with Crippen molar-refractivity contribution >= 4 is 18.0 Å². The molecular weight excluding hydrogens is 298 g/mol. The average Bonchev–Trinajstić information content (AvgIpc) is 3.09. The van der Waals surface area contributed by atoms with Gasteiger partial charge in [0.15, 0.2) is 5.76 Å². The normalized spacial score (nSPS) is 11.0. The highest BCUT2D eigenvalue weighted by molar-refractivity contribution is 6.02. The molecule has 0 atom stereocenters. The molecule has 6 heteroatoms. The summed E-state index contributed by atoms with van der Waals surface area (Å²) in [5.41, 5.74) is 0.743. The highest BCUT2D eigenvalue weighted by Gasteiger charge is 2.17. The fourth-order valence-corrected chi connectivity index (χ4v) is 1.81. The first-order valence-corrected chi connectivity index (χ1v) is 7.01. The van der Waals surface area contributed by atoms with Crippen molar-refractivity contribution in [2.45, 2.75) is 6.92 Å². The molecule has 23 heavy (non-hydrogen) atoms. The molecule has 0 unspecified atom stereocenters. The molecule has 2 rings (SSSR count). The topological polar surface area (TPSA) is 77.8 Å². The van der Waals surface area contributed by atoms with Crippen LogP contribution in [-0.2, 0) is 9.53 Å². The summed E-state index contributed by atoms with van der Waals surface area (Å²) in [5, 5.41) is 2.50. The second-order valence-corrected chi connectivity index (χ2v) is 4.48. The Morgan fingerprint density at radius 3 is 2.52 bits per heavy atom. The van der Waals surface area contributed by atoms with Gasteiger partial charge in [-0.15, -0.1) is 0 Å². The van der Waals surface area contributed by atoms with E-state index in [4.69, 9.17) is 13.9 Å². The molecule has 1 aromatic carbocycles. The Bertz CT molecular complexity index is 686. The maximum Gasteiger partial charge on any atom is 0.354 e. The number of hydrogen-bond acceptors (Lipinski definition) is 5. The quantitative estimate of drug-likeness (QED) is 0.655. The van der Waals surface area contributed by atoms with E-state index in [1.165, 1.54) is 18.4 Å². The predicted octanol–water partition coefficient (Wildman–Crippen LogP) is 2.62. The van der Waals surface area contributed by atoms with Gasteiger partial charge in [-0.2, -0.15) is 0 Å². The standard InChI is InChI=1S/C17H17NO5/c1-3-22-17(20)14(18-16(19)15-5-4-10-23-15)11-12-6-8-13(21-2)9-7-12/h4-11H,3H2,1-2H3,(H,18,19)/b14-11+. The number of furan rings is 1. The lowest BCUT2D eigenvalue weighted by Gasteiger charge is -2.08. The molecule has 120 valence electrons. The predicted molar refractivity (Wildman–Crippen MR) is 83.8 cm³/mol. The van der Waals surface area contributed by atoms with Gasteiger partial charge in [-0.25, -0.2) is 4.79 Å². The maximum atomic E-state index is 12.0. The summed E-state index contributed by atoms with van der Waals surface area (Å²) in [7, 11) is 1.57. The lowest BCUT2D eigenvalue weighted by molar-refractivity contribution is -0.138. The molecule has 0 fully saturated rings. The monoisotopic (exact) mass is 315 g/mol. The van der Waals surface area contributed by atoms with Crippen LogP contribution in [0.25, 0.3) is 6.08 Å². The van der Waals surface area contributed by atoms with Crippen LogP contribution in [0.3, 0.4) is 0 Å². The van der Waals surface area contributed by atoms with Crippen molar-refractivity contribution in [3.05, 3.63) is 59.7 Å². The zero-order valence-corrected chi connectivity index (χ0v) is 12.9. The van der Waals surface area contributed by atoms with E-state index in [-0.39, 0.29) is 18.1 Å². The Morgan fingerprint density at radius 2 is 1.96 bits per heavy atom. The molecular formula is C17H17NO5. The van der Waals surface area contributed by atoms with Gasteiger partial charge in [-0.3, -0.25) is 4.79 Å². The van der Waals surface area contributed by atoms with Crippen LogP contribution in [0, 0.1) is 0 Å². The summed E-state index contributed by atoms with van der Waals surface area (Å²) in [6, 6.07) is 10.1. The number of nitrogens with one attached hydrogen (secondary N) is 1. The number of carbonyl (C=O) groups excluding carboxylic acids is 2. The molecule has 1 N–H and O–H groups in total. The summed E-state index contributed by atoms with van der Waals surface area (Å²) < 4.78 is 15.0. The zero-order chi connectivity index (χ0) is 16.7. The molecule has 0 radical (unpaired) electrons. The lowest BCUT2D eigenvalue weighted by Crippen LogP contribution is -2.28. The van der Waals surface area contributed by atoms with Crippen LogP contribution in [0.5, 0.6) is 5.75 Å². The molecule has 2 aromatic rings. The number of carbonyl (C=O) groups is 2. The van der Waals surface area contributed by atoms with Gasteiger partial charge in [-0.1, -0.05) is 12.1 Å². The molecule has 0 saturated heterocycles. The summed E-state index contributed by atoms with van der Waals surface area (Å²) in [4.78, 5) is 24.1. The van der Waals surface area contributed by atoms with E-state index >= 15 is 0 Å². The first kappa shape index (κ1) is 16.4. The molecule has 0 spiro atoms. The van der Waals surface area contributed by atoms with Crippen LogP contribution >= 0.6 is 0 Å². The smallest absolute Gasteiger partial charge is 0.354 e. The molecule has 0 aliphatic carbocycles. The van der Waals surface area contributed by atoms with Crippen LogP contribution in [0.2, 0.25) is 0 Å². The zero-order valence-electron chi connectivity index (χ0n) is 12.9. The third kappa shape index (κ3) is 4.47. The van der Waals surface area contributed by atoms with Gasteiger partial charge in [0.25, 0.3) is 5.91 Å². The van der Waals surface area contributed by atoms with E-state index in [2.05, 4.69) is 5.32 Å². The van der Waals surface area contributed by atoms with Gasteiger partial charge in [0.1, 0.15) is 11.4 Å². The van der Waals surface area contributed by atoms with Gasteiger partial charge in [0.05, 0.1) is 20.0 Å². The number of ether oxygens (including phenoxy) is 2. The summed E-state index contributed by atoms with van der Waals surface area (Å²) >= 11 is 0. The molecule has 0 aliphatic heterocycles. The van der Waals surface area contributed by atoms with E-state index < -0.39 is 11.9 Å². The number of methoxy groups -OCH3 is 1. The molecule has 6 nitrogen and oxygen atoms in total. The minimum atomic E-state index is -0.622. The van der Waals surface area contributed by atoms with Crippen LogP contribution < -0.4 is 10.1 Å². The minimum Gasteiger partial charge on any atom is -0.497 e. The van der Waals surface area contributed by atoms with Crippen molar-refractivity contribution in [2.24, 2.45) is 0 Å². The largest absolute Gasteiger partial charge is 0.497 e. The van der Waals surface area contributed by atoms with Gasteiger partial charge < -0.3 is 19.2 Å². The Labute approximate surface area is 133 Å². The van der Waals surface area contributed by atoms with Crippen molar-refractivity contribution in [1.82, 2.24) is 5.32 Å². The second-order valence-electron chi connectivity index (χ2n) is 4.48. The number of hydrogen-bond donors (Lipinski definition) is 1. The van der Waals surface area contributed by atoms with Gasteiger partial charge in [-0.05, 0) is 42.8 Å². The summed E-state index contributed by atoms with van der Waals surface area (Å²) in [6.45, 7) is 1.90. The van der Waals surface area contributed by atoms with Crippen LogP contribution in [0.1, 0.15) is 23.0 Å². The third-order valence-electron chi connectivity index (χ3n) is 2.92. The van der Waals surface area contributed by atoms with Gasteiger partial charge in [0, 0.05) is 0 Å². The SMILES string of the molecule is CCOC(=O)/C(=C\c1ccc(OC)cc1)NC(=O)c1ccco1. The Hall–Kier alpha value is -3.02. The van der Waals surface area contributed by atoms with E-state index in [0.29, 0.717) is 11.3 Å². The van der Waals surface area contributed by atoms with Gasteiger partial charge >= 0.3 is 5.97 Å². The van der Waals surface area contributed by atoms with E-state index in [1.807, 2.05) is 0 Å². The fraction of sp³-hybridized carbons (Fsp3) is 0.176. The van der Waals surface area contributed by atoms with E-state index in [0.717, 1.165) is 0 Å². The van der Waals surface area contributed by atoms with Crippen molar-refractivity contribution in [1.29, 1.82) is 0 Å². The number of rotatable bonds is 6. The van der Waals surface area contributed by atoms with Gasteiger partial charge in [0.2, 0.25) is 0 Å². The fourth-order valence-electron chi connectivity index (χ4n) is 1.81. The second kappa shape index (κ2) is 7.84. The van der Waals surface area contributed by atoms with Crippen molar-refractivity contribution in [2.75, 3.05) is 13.7 Å². The number of esters is 1. The van der Waals surface area contributed by atoms with Crippen LogP contribution in [0.4, 0.5) is 0 Å². The first-order chi connectivity index (χ1) is 11.1. The molecule has 0 aliphatic rings. The average molecular weight is 315 g/mol. The number of amides is 1. The van der Waals surface area contributed by atoms with E-state index in [1.54, 1.807) is 44.4 Å². The Kier molecular flexibility index (Phi) is 5.57. The Balaban J connectivity index is 2.23. The third-order valence-corrected chi connectivity index (χ3v) is 2.92. The summed E-state index contributed by atoms with van der Waals surface area (Å²) in [6.07, 6.45) is 2.91. The number of benzene rings is 1. The Morgan fingerprint density at radius 1 is 1.22 bits per heavy atom. The molecule has 0 saturated carbocycles. The molecule has 0 bridgehead atoms. The van der Waals surface area contributed by atoms with E-state index in [9.17, 15) is 9.59 Å². The lowest BCUT2D eigenvalue weighted by atomic mass is 10.2. The molecule has 1 heterocycles. The van der Waals surface area contributed by atoms with Crippen LogP contribution in [0.15, 0.2) is 52.8 Å². The summed E-state index contributed by atoms with van der Waals surface area (Å²) in [5.74, 6) is -0.347. The van der Waals surface area contributed by atoms with Crippen molar-refractivity contribution < 1.29 is 23.5 Å². The highest BCUT2D eigenvalue weighted by atomic mass is 16.5. The minimum absolute atomic E-state index is 0.0263.